The lowest BCUT2D eigenvalue weighted by Gasteiger charge is -2.27. The monoisotopic (exact) mass is 514 g/mol. The quantitative estimate of drug-likeness (QED) is 0.285. The summed E-state index contributed by atoms with van der Waals surface area (Å²) in [6, 6.07) is 8.09. The second-order valence-electron chi connectivity index (χ2n) is 7.33. The number of benzene rings is 1. The Bertz CT molecular complexity index is 770. The predicted octanol–water partition coefficient (Wildman–Crippen LogP) is 3.11. The molecular formula is C21H31IN4O3. The van der Waals surface area contributed by atoms with Gasteiger partial charge in [-0.1, -0.05) is 17.7 Å². The Labute approximate surface area is 189 Å². The van der Waals surface area contributed by atoms with Gasteiger partial charge in [0.1, 0.15) is 12.0 Å². The Kier molecular flexibility index (Phi) is 9.38. The zero-order valence-electron chi connectivity index (χ0n) is 17.1. The molecule has 29 heavy (non-hydrogen) atoms. The van der Waals surface area contributed by atoms with Crippen LogP contribution in [0.25, 0.3) is 11.5 Å². The molecule has 0 amide bonds. The van der Waals surface area contributed by atoms with Crippen LogP contribution in [0.4, 0.5) is 0 Å². The summed E-state index contributed by atoms with van der Waals surface area (Å²) >= 11 is 0. The van der Waals surface area contributed by atoms with Crippen LogP contribution in [0.15, 0.2) is 39.9 Å². The highest BCUT2D eigenvalue weighted by Gasteiger charge is 2.34. The number of aliphatic imine (C=N–C) groups is 1. The molecule has 1 aromatic heterocycles. The number of hydrogen-bond donors (Lipinski definition) is 3. The van der Waals surface area contributed by atoms with Gasteiger partial charge in [-0.25, -0.2) is 9.98 Å². The highest BCUT2D eigenvalue weighted by Crippen LogP contribution is 2.31. The van der Waals surface area contributed by atoms with E-state index in [1.807, 2.05) is 31.2 Å². The second-order valence-corrected chi connectivity index (χ2v) is 7.33. The van der Waals surface area contributed by atoms with Crippen LogP contribution < -0.4 is 10.6 Å². The third kappa shape index (κ3) is 6.68. The van der Waals surface area contributed by atoms with Crippen molar-refractivity contribution in [3.8, 4) is 11.5 Å². The third-order valence-electron chi connectivity index (χ3n) is 5.05. The highest BCUT2D eigenvalue weighted by molar-refractivity contribution is 14.0. The molecule has 1 aliphatic heterocycles. The van der Waals surface area contributed by atoms with Gasteiger partial charge in [0.05, 0.1) is 13.2 Å². The fraction of sp³-hybridized carbons (Fsp3) is 0.524. The SMILES string of the molecule is CCNC(=NCc1coc(-c2ccc(C)cc2)n1)NCC1(CCO)CCOC1.I. The van der Waals surface area contributed by atoms with Crippen LogP contribution in [0.5, 0.6) is 0 Å². The topological polar surface area (TPSA) is 91.9 Å². The Morgan fingerprint density at radius 3 is 2.72 bits per heavy atom. The van der Waals surface area contributed by atoms with Gasteiger partial charge in [-0.3, -0.25) is 0 Å². The molecule has 0 saturated carbocycles. The van der Waals surface area contributed by atoms with Crippen LogP contribution >= 0.6 is 24.0 Å². The molecular weight excluding hydrogens is 483 g/mol. The molecule has 0 bridgehead atoms. The van der Waals surface area contributed by atoms with Crippen LogP contribution in [-0.4, -0.2) is 49.0 Å². The van der Waals surface area contributed by atoms with Crippen LogP contribution in [0.1, 0.15) is 31.0 Å². The maximum atomic E-state index is 9.38. The lowest BCUT2D eigenvalue weighted by Crippen LogP contribution is -2.44. The van der Waals surface area contributed by atoms with E-state index in [9.17, 15) is 5.11 Å². The molecule has 1 aromatic carbocycles. The molecule has 3 N–H and O–H groups in total. The molecule has 1 atom stereocenters. The van der Waals surface area contributed by atoms with Gasteiger partial charge in [-0.05, 0) is 38.8 Å². The number of hydrogen-bond acceptors (Lipinski definition) is 5. The molecule has 0 aliphatic carbocycles. The smallest absolute Gasteiger partial charge is 0.226 e. The molecule has 7 nitrogen and oxygen atoms in total. The summed E-state index contributed by atoms with van der Waals surface area (Å²) in [5, 5.41) is 16.0. The molecule has 2 aromatic rings. The van der Waals surface area contributed by atoms with Gasteiger partial charge in [-0.15, -0.1) is 24.0 Å². The molecule has 0 radical (unpaired) electrons. The van der Waals surface area contributed by atoms with E-state index in [2.05, 4.69) is 27.5 Å². The molecule has 1 saturated heterocycles. The van der Waals surface area contributed by atoms with Crippen molar-refractivity contribution in [3.05, 3.63) is 41.8 Å². The minimum atomic E-state index is -0.0303. The number of halogens is 1. The Hall–Kier alpha value is -1.65. The molecule has 0 spiro atoms. The number of aryl methyl sites for hydroxylation is 1. The van der Waals surface area contributed by atoms with Gasteiger partial charge < -0.3 is 24.9 Å². The maximum Gasteiger partial charge on any atom is 0.226 e. The number of aliphatic hydroxyl groups is 1. The van der Waals surface area contributed by atoms with Gasteiger partial charge in [0.2, 0.25) is 5.89 Å². The zero-order valence-corrected chi connectivity index (χ0v) is 19.4. The van der Waals surface area contributed by atoms with E-state index >= 15 is 0 Å². The lowest BCUT2D eigenvalue weighted by atomic mass is 9.84. The van der Waals surface area contributed by atoms with Crippen molar-refractivity contribution in [2.45, 2.75) is 33.2 Å². The summed E-state index contributed by atoms with van der Waals surface area (Å²) < 4.78 is 11.2. The molecule has 8 heteroatoms. The fourth-order valence-electron chi connectivity index (χ4n) is 3.29. The number of nitrogens with one attached hydrogen (secondary N) is 2. The second kappa shape index (κ2) is 11.5. The largest absolute Gasteiger partial charge is 0.444 e. The Morgan fingerprint density at radius 1 is 1.28 bits per heavy atom. The van der Waals surface area contributed by atoms with Crippen molar-refractivity contribution in [3.63, 3.8) is 0 Å². The first kappa shape index (κ1) is 23.6. The van der Waals surface area contributed by atoms with Crippen LogP contribution in [0.3, 0.4) is 0 Å². The predicted molar refractivity (Wildman–Crippen MR) is 124 cm³/mol. The van der Waals surface area contributed by atoms with E-state index < -0.39 is 0 Å². The summed E-state index contributed by atoms with van der Waals surface area (Å²) in [7, 11) is 0. The Morgan fingerprint density at radius 2 is 2.07 bits per heavy atom. The van der Waals surface area contributed by atoms with Crippen LogP contribution in [-0.2, 0) is 11.3 Å². The number of aliphatic hydroxyl groups excluding tert-OH is 1. The summed E-state index contributed by atoms with van der Waals surface area (Å²) in [5.74, 6) is 1.33. The van der Waals surface area contributed by atoms with Crippen molar-refractivity contribution < 1.29 is 14.3 Å². The molecule has 2 heterocycles. The van der Waals surface area contributed by atoms with Crippen molar-refractivity contribution in [1.82, 2.24) is 15.6 Å². The first-order chi connectivity index (χ1) is 13.6. The van der Waals surface area contributed by atoms with Crippen LogP contribution in [0.2, 0.25) is 0 Å². The summed E-state index contributed by atoms with van der Waals surface area (Å²) in [4.78, 5) is 9.17. The zero-order chi connectivity index (χ0) is 19.8. The lowest BCUT2D eigenvalue weighted by molar-refractivity contribution is 0.127. The molecule has 160 valence electrons. The number of aromatic nitrogens is 1. The minimum absolute atomic E-state index is 0. The first-order valence-electron chi connectivity index (χ1n) is 9.86. The fourth-order valence-corrected chi connectivity index (χ4v) is 3.29. The maximum absolute atomic E-state index is 9.38. The van der Waals surface area contributed by atoms with Gasteiger partial charge in [-0.2, -0.15) is 0 Å². The number of nitrogens with zero attached hydrogens (tertiary/aromatic N) is 2. The summed E-state index contributed by atoms with van der Waals surface area (Å²) in [5.41, 5.74) is 2.91. The summed E-state index contributed by atoms with van der Waals surface area (Å²) in [6.07, 6.45) is 3.33. The van der Waals surface area contributed by atoms with Crippen LogP contribution in [0, 0.1) is 12.3 Å². The number of guanidine groups is 1. The number of oxazole rings is 1. The average Bonchev–Trinajstić information content (AvgIpc) is 3.35. The van der Waals surface area contributed by atoms with Crippen molar-refractivity contribution >= 4 is 29.9 Å². The van der Waals surface area contributed by atoms with Crippen molar-refractivity contribution in [1.29, 1.82) is 0 Å². The Balaban J connectivity index is 0.00000300. The van der Waals surface area contributed by atoms with Gasteiger partial charge in [0.15, 0.2) is 5.96 Å². The van der Waals surface area contributed by atoms with Crippen molar-refractivity contribution in [2.75, 3.05) is 32.9 Å². The van der Waals surface area contributed by atoms with E-state index in [4.69, 9.17) is 9.15 Å². The third-order valence-corrected chi connectivity index (χ3v) is 5.05. The van der Waals surface area contributed by atoms with E-state index in [0.717, 1.165) is 43.2 Å². The summed E-state index contributed by atoms with van der Waals surface area (Å²) in [6.45, 7) is 7.57. The highest BCUT2D eigenvalue weighted by atomic mass is 127. The van der Waals surface area contributed by atoms with E-state index in [-0.39, 0.29) is 36.0 Å². The van der Waals surface area contributed by atoms with Gasteiger partial charge in [0, 0.05) is 37.3 Å². The first-order valence-corrected chi connectivity index (χ1v) is 9.86. The molecule has 1 fully saturated rings. The molecule has 1 unspecified atom stereocenters. The van der Waals surface area contributed by atoms with Gasteiger partial charge in [0.25, 0.3) is 0 Å². The van der Waals surface area contributed by atoms with Crippen molar-refractivity contribution in [2.24, 2.45) is 10.4 Å². The van der Waals surface area contributed by atoms with E-state index in [0.29, 0.717) is 25.6 Å². The standard InChI is InChI=1S/C21H30N4O3.HI/c1-3-22-20(24-14-21(8-10-26)9-11-27-15-21)23-12-18-13-28-19(25-18)17-6-4-16(2)5-7-17;/h4-7,13,26H,3,8-12,14-15H2,1-2H3,(H2,22,23,24);1H. The molecule has 1 aliphatic rings. The number of ether oxygens (including phenoxy) is 1. The van der Waals surface area contributed by atoms with Gasteiger partial charge >= 0.3 is 0 Å². The van der Waals surface area contributed by atoms with E-state index in [1.165, 1.54) is 5.56 Å². The van der Waals surface area contributed by atoms with E-state index in [1.54, 1.807) is 6.26 Å². The minimum Gasteiger partial charge on any atom is -0.444 e. The number of rotatable bonds is 8. The molecule has 3 rings (SSSR count). The average molecular weight is 514 g/mol. The normalized spacial score (nSPS) is 19.1.